The topological polar surface area (TPSA) is 93.8 Å². The first-order chi connectivity index (χ1) is 15.0. The molecule has 1 atom stereocenters. The maximum Gasteiger partial charge on any atom is 0.289 e. The number of nitrogens with zero attached hydrogens (tertiary/aromatic N) is 3. The molecule has 164 valence electrons. The Bertz CT molecular complexity index is 999. The van der Waals surface area contributed by atoms with Gasteiger partial charge in [0.25, 0.3) is 11.8 Å². The number of hydrogen-bond acceptors (Lipinski definition) is 7. The van der Waals surface area contributed by atoms with Crippen LogP contribution in [0, 0.1) is 0 Å². The second kappa shape index (κ2) is 8.89. The van der Waals surface area contributed by atoms with Crippen LogP contribution in [0.3, 0.4) is 0 Å². The number of amides is 2. The molecule has 9 nitrogen and oxygen atoms in total. The van der Waals surface area contributed by atoms with Crippen molar-refractivity contribution in [2.75, 3.05) is 40.4 Å². The minimum absolute atomic E-state index is 0.164. The van der Waals surface area contributed by atoms with Crippen LogP contribution in [0.25, 0.3) is 0 Å². The number of carbonyl (C=O) groups is 2. The first-order valence-electron chi connectivity index (χ1n) is 9.78. The molecule has 3 heterocycles. The number of benzene rings is 1. The monoisotopic (exact) mass is 447 g/mol. The molecule has 0 spiro atoms. The van der Waals surface area contributed by atoms with Gasteiger partial charge >= 0.3 is 0 Å². The number of rotatable bonds is 5. The van der Waals surface area contributed by atoms with Gasteiger partial charge in [-0.15, -0.1) is 0 Å². The summed E-state index contributed by atoms with van der Waals surface area (Å²) in [7, 11) is 3.06. The van der Waals surface area contributed by atoms with Crippen LogP contribution >= 0.6 is 11.6 Å². The molecule has 2 aliphatic rings. The van der Waals surface area contributed by atoms with E-state index in [1.807, 2.05) is 0 Å². The summed E-state index contributed by atoms with van der Waals surface area (Å²) in [4.78, 5) is 34.1. The van der Waals surface area contributed by atoms with E-state index in [0.717, 1.165) is 0 Å². The van der Waals surface area contributed by atoms with E-state index in [4.69, 9.17) is 30.3 Å². The molecule has 0 aliphatic carbocycles. The molecule has 0 saturated carbocycles. The van der Waals surface area contributed by atoms with Crippen molar-refractivity contribution in [1.29, 1.82) is 0 Å². The molecule has 0 N–H and O–H groups in total. The molecule has 1 saturated heterocycles. The summed E-state index contributed by atoms with van der Waals surface area (Å²) in [5, 5.41) is 4.51. The van der Waals surface area contributed by atoms with Gasteiger partial charge in [-0.2, -0.15) is 0 Å². The lowest BCUT2D eigenvalue weighted by Gasteiger charge is -2.35. The summed E-state index contributed by atoms with van der Waals surface area (Å²) in [6.07, 6.45) is 1.03. The van der Waals surface area contributed by atoms with Crippen molar-refractivity contribution in [3.05, 3.63) is 46.9 Å². The van der Waals surface area contributed by atoms with Gasteiger partial charge in [0.15, 0.2) is 5.76 Å². The Morgan fingerprint density at radius 1 is 1.10 bits per heavy atom. The second-order valence-corrected chi connectivity index (χ2v) is 7.53. The largest absolute Gasteiger partial charge is 0.496 e. The Hall–Kier alpha value is -3.20. The maximum absolute atomic E-state index is 12.9. The zero-order valence-corrected chi connectivity index (χ0v) is 17.9. The third-order valence-electron chi connectivity index (χ3n) is 5.34. The van der Waals surface area contributed by atoms with Gasteiger partial charge in [-0.25, -0.2) is 0 Å². The first kappa shape index (κ1) is 21.0. The van der Waals surface area contributed by atoms with Crippen molar-refractivity contribution in [2.45, 2.75) is 12.5 Å². The van der Waals surface area contributed by atoms with Gasteiger partial charge in [-0.3, -0.25) is 9.59 Å². The lowest BCUT2D eigenvalue weighted by atomic mass is 10.0. The average Bonchev–Trinajstić information content (AvgIpc) is 3.50. The highest BCUT2D eigenvalue weighted by Crippen LogP contribution is 2.35. The van der Waals surface area contributed by atoms with E-state index in [0.29, 0.717) is 66.2 Å². The lowest BCUT2D eigenvalue weighted by molar-refractivity contribution is -0.143. The van der Waals surface area contributed by atoms with Gasteiger partial charge in [0.2, 0.25) is 6.10 Å². The minimum Gasteiger partial charge on any atom is -0.496 e. The van der Waals surface area contributed by atoms with Crippen molar-refractivity contribution < 1.29 is 28.3 Å². The number of piperazine rings is 1. The second-order valence-electron chi connectivity index (χ2n) is 7.12. The molecule has 10 heteroatoms. The molecule has 0 radical (unpaired) electrons. The van der Waals surface area contributed by atoms with Gasteiger partial charge in [-0.1, -0.05) is 16.8 Å². The molecular formula is C21H22ClN3O6. The number of halogens is 1. The van der Waals surface area contributed by atoms with E-state index >= 15 is 0 Å². The van der Waals surface area contributed by atoms with Crippen LogP contribution in [0.2, 0.25) is 5.02 Å². The van der Waals surface area contributed by atoms with E-state index in [-0.39, 0.29) is 11.8 Å². The molecule has 2 aromatic rings. The van der Waals surface area contributed by atoms with Crippen LogP contribution in [0.15, 0.2) is 40.1 Å². The first-order valence-corrected chi connectivity index (χ1v) is 10.2. The molecule has 1 fully saturated rings. The fraction of sp³-hybridized carbons (Fsp3) is 0.381. The van der Waals surface area contributed by atoms with Crippen LogP contribution in [0.4, 0.5) is 0 Å². The summed E-state index contributed by atoms with van der Waals surface area (Å²) in [5.74, 6) is 0.966. The Kier molecular flexibility index (Phi) is 6.03. The molecule has 0 bridgehead atoms. The Morgan fingerprint density at radius 3 is 2.45 bits per heavy atom. The summed E-state index contributed by atoms with van der Waals surface area (Å²) in [6, 6.07) is 6.66. The average molecular weight is 448 g/mol. The van der Waals surface area contributed by atoms with Gasteiger partial charge in [0, 0.05) is 44.2 Å². The number of hydrogen-bond donors (Lipinski definition) is 0. The molecule has 1 aromatic carbocycles. The lowest BCUT2D eigenvalue weighted by Crippen LogP contribution is -2.52. The summed E-state index contributed by atoms with van der Waals surface area (Å²) < 4.78 is 15.8. The van der Waals surface area contributed by atoms with Gasteiger partial charge < -0.3 is 28.5 Å². The van der Waals surface area contributed by atoms with Crippen molar-refractivity contribution in [3.63, 3.8) is 0 Å². The maximum atomic E-state index is 12.9. The van der Waals surface area contributed by atoms with Gasteiger partial charge in [0.05, 0.1) is 31.2 Å². The van der Waals surface area contributed by atoms with E-state index < -0.39 is 6.10 Å². The number of furan rings is 1. The van der Waals surface area contributed by atoms with Crippen LogP contribution in [0.1, 0.15) is 22.5 Å². The Balaban J connectivity index is 1.37. The number of methoxy groups -OCH3 is 2. The van der Waals surface area contributed by atoms with Crippen molar-refractivity contribution in [3.8, 4) is 11.5 Å². The van der Waals surface area contributed by atoms with Crippen molar-refractivity contribution in [2.24, 2.45) is 5.16 Å². The Labute approximate surface area is 184 Å². The van der Waals surface area contributed by atoms with Crippen LogP contribution in [-0.4, -0.2) is 73.8 Å². The molecule has 31 heavy (non-hydrogen) atoms. The molecular weight excluding hydrogens is 426 g/mol. The molecule has 1 aromatic heterocycles. The fourth-order valence-corrected chi connectivity index (χ4v) is 3.88. The summed E-state index contributed by atoms with van der Waals surface area (Å²) >= 11 is 6.24. The fourth-order valence-electron chi connectivity index (χ4n) is 3.64. The zero-order chi connectivity index (χ0) is 22.0. The highest BCUT2D eigenvalue weighted by molar-refractivity contribution is 6.32. The predicted octanol–water partition coefficient (Wildman–Crippen LogP) is 2.43. The standard InChI is InChI=1S/C21H22ClN3O6/c1-28-17-12-18(29-2)14(22)10-13(17)15-11-19(31-23-15)21(27)25-7-5-24(6-8-25)20(26)16-4-3-9-30-16/h3-4,9-10,12,19H,5-8,11H2,1-2H3/t19-/m1/s1. The smallest absolute Gasteiger partial charge is 0.289 e. The molecule has 2 aliphatic heterocycles. The van der Waals surface area contributed by atoms with Crippen LogP contribution in [0.5, 0.6) is 11.5 Å². The minimum atomic E-state index is -0.729. The summed E-state index contributed by atoms with van der Waals surface area (Å²) in [6.45, 7) is 1.68. The molecule has 2 amide bonds. The number of carbonyl (C=O) groups excluding carboxylic acids is 2. The van der Waals surface area contributed by atoms with Crippen LogP contribution < -0.4 is 9.47 Å². The van der Waals surface area contributed by atoms with Gasteiger partial charge in [-0.05, 0) is 18.2 Å². The number of ether oxygens (including phenoxy) is 2. The summed E-state index contributed by atoms with van der Waals surface area (Å²) in [5.41, 5.74) is 1.23. The van der Waals surface area contributed by atoms with Crippen molar-refractivity contribution >= 4 is 29.1 Å². The van der Waals surface area contributed by atoms with Crippen LogP contribution in [-0.2, 0) is 9.63 Å². The quantitative estimate of drug-likeness (QED) is 0.698. The predicted molar refractivity (Wildman–Crippen MR) is 112 cm³/mol. The number of oxime groups is 1. The SMILES string of the molecule is COc1cc(OC)c(C2=NO[C@@H](C(=O)N3CCN(C(=O)c4ccco4)CC3)C2)cc1Cl. The zero-order valence-electron chi connectivity index (χ0n) is 17.2. The third-order valence-corrected chi connectivity index (χ3v) is 5.64. The van der Waals surface area contributed by atoms with Crippen molar-refractivity contribution in [1.82, 2.24) is 9.80 Å². The van der Waals surface area contributed by atoms with E-state index in [9.17, 15) is 9.59 Å². The molecule has 0 unspecified atom stereocenters. The highest BCUT2D eigenvalue weighted by Gasteiger charge is 2.35. The van der Waals surface area contributed by atoms with E-state index in [1.54, 1.807) is 34.1 Å². The third kappa shape index (κ3) is 4.18. The highest BCUT2D eigenvalue weighted by atomic mass is 35.5. The van der Waals surface area contributed by atoms with E-state index in [2.05, 4.69) is 5.16 Å². The molecule has 4 rings (SSSR count). The Morgan fingerprint density at radius 2 is 1.81 bits per heavy atom. The van der Waals surface area contributed by atoms with Gasteiger partial charge in [0.1, 0.15) is 11.5 Å². The normalized spacial score (nSPS) is 18.4. The van der Waals surface area contributed by atoms with E-state index in [1.165, 1.54) is 20.5 Å².